The molecular formula is C19H30N2O4S. The highest BCUT2D eigenvalue weighted by Crippen LogP contribution is 2.19. The third kappa shape index (κ3) is 7.15. The van der Waals surface area contributed by atoms with Gasteiger partial charge < -0.3 is 5.32 Å². The molecule has 0 saturated heterocycles. The van der Waals surface area contributed by atoms with Crippen molar-refractivity contribution in [1.29, 1.82) is 0 Å². The highest BCUT2D eigenvalue weighted by molar-refractivity contribution is 7.92. The minimum Gasteiger partial charge on any atom is -0.354 e. The molecule has 0 radical (unpaired) electrons. The summed E-state index contributed by atoms with van der Waals surface area (Å²) in [6, 6.07) is 6.30. The Hall–Kier alpha value is -1.89. The summed E-state index contributed by atoms with van der Waals surface area (Å²) in [7, 11) is -3.65. The SMILES string of the molecule is CCCC[C@@H](CC)CNC(=O)CN(c1cccc(C(C)=O)c1)S(C)(=O)=O. The van der Waals surface area contributed by atoms with E-state index in [0.717, 1.165) is 36.2 Å². The van der Waals surface area contributed by atoms with Crippen molar-refractivity contribution in [2.45, 2.75) is 46.5 Å². The molecule has 0 aliphatic heterocycles. The lowest BCUT2D eigenvalue weighted by Crippen LogP contribution is -2.41. The maximum Gasteiger partial charge on any atom is 0.240 e. The fraction of sp³-hybridized carbons (Fsp3) is 0.579. The van der Waals surface area contributed by atoms with E-state index in [-0.39, 0.29) is 18.2 Å². The van der Waals surface area contributed by atoms with Gasteiger partial charge >= 0.3 is 0 Å². The lowest BCUT2D eigenvalue weighted by molar-refractivity contribution is -0.119. The van der Waals surface area contributed by atoms with Crippen LogP contribution in [0.15, 0.2) is 24.3 Å². The van der Waals surface area contributed by atoms with Gasteiger partial charge in [0.1, 0.15) is 6.54 Å². The minimum atomic E-state index is -3.65. The number of nitrogens with one attached hydrogen (secondary N) is 1. The normalized spacial score (nSPS) is 12.5. The quantitative estimate of drug-likeness (QED) is 0.596. The second kappa shape index (κ2) is 10.3. The molecule has 1 N–H and O–H groups in total. The third-order valence-corrected chi connectivity index (χ3v) is 5.50. The van der Waals surface area contributed by atoms with Gasteiger partial charge in [-0.15, -0.1) is 0 Å². The van der Waals surface area contributed by atoms with Gasteiger partial charge in [-0.3, -0.25) is 13.9 Å². The van der Waals surface area contributed by atoms with E-state index in [1.54, 1.807) is 18.2 Å². The number of anilines is 1. The van der Waals surface area contributed by atoms with E-state index in [1.165, 1.54) is 13.0 Å². The minimum absolute atomic E-state index is 0.161. The standard InChI is InChI=1S/C19H30N2O4S/c1-5-7-9-16(6-2)13-20-19(23)14-21(26(4,24)25)18-11-8-10-17(12-18)15(3)22/h8,10-12,16H,5-7,9,13-14H2,1-4H3,(H,20,23)/t16-/m1/s1. The van der Waals surface area contributed by atoms with Crippen LogP contribution in [0.1, 0.15) is 56.8 Å². The molecule has 0 heterocycles. The Bertz CT molecular complexity index is 716. The first-order valence-corrected chi connectivity index (χ1v) is 10.9. The van der Waals surface area contributed by atoms with Gasteiger partial charge in [0.15, 0.2) is 5.78 Å². The first-order chi connectivity index (χ1) is 12.2. The molecule has 26 heavy (non-hydrogen) atoms. The molecule has 146 valence electrons. The smallest absolute Gasteiger partial charge is 0.240 e. The van der Waals surface area contributed by atoms with Crippen LogP contribution in [-0.2, 0) is 14.8 Å². The Labute approximate surface area is 157 Å². The Morgan fingerprint density at radius 1 is 1.23 bits per heavy atom. The topological polar surface area (TPSA) is 83.6 Å². The fourth-order valence-corrected chi connectivity index (χ4v) is 3.52. The van der Waals surface area contributed by atoms with Crippen molar-refractivity contribution in [1.82, 2.24) is 5.32 Å². The summed E-state index contributed by atoms with van der Waals surface area (Å²) in [6.45, 7) is 5.87. The van der Waals surface area contributed by atoms with E-state index in [2.05, 4.69) is 19.2 Å². The van der Waals surface area contributed by atoms with Crippen LogP contribution in [0.2, 0.25) is 0 Å². The number of unbranched alkanes of at least 4 members (excludes halogenated alkanes) is 1. The summed E-state index contributed by atoms with van der Waals surface area (Å²) in [5.74, 6) is -0.114. The van der Waals surface area contributed by atoms with Crippen molar-refractivity contribution in [3.63, 3.8) is 0 Å². The number of Topliss-reactive ketones (excluding diaryl/α,β-unsaturated/α-hetero) is 1. The number of nitrogens with zero attached hydrogens (tertiary/aromatic N) is 1. The van der Waals surface area contributed by atoms with E-state index in [4.69, 9.17) is 0 Å². The zero-order chi connectivity index (χ0) is 19.7. The van der Waals surface area contributed by atoms with E-state index in [1.807, 2.05) is 0 Å². The molecule has 0 saturated carbocycles. The molecule has 0 spiro atoms. The Balaban J connectivity index is 2.84. The van der Waals surface area contributed by atoms with Crippen LogP contribution in [0.25, 0.3) is 0 Å². The number of sulfonamides is 1. The lowest BCUT2D eigenvalue weighted by Gasteiger charge is -2.23. The third-order valence-electron chi connectivity index (χ3n) is 4.36. The van der Waals surface area contributed by atoms with Crippen LogP contribution >= 0.6 is 0 Å². The maximum atomic E-state index is 12.3. The summed E-state index contributed by atoms with van der Waals surface area (Å²) in [5, 5.41) is 2.84. The van der Waals surface area contributed by atoms with Crippen molar-refractivity contribution < 1.29 is 18.0 Å². The van der Waals surface area contributed by atoms with Crippen molar-refractivity contribution in [2.24, 2.45) is 5.92 Å². The molecule has 0 aromatic heterocycles. The maximum absolute atomic E-state index is 12.3. The Morgan fingerprint density at radius 2 is 1.92 bits per heavy atom. The first kappa shape index (κ1) is 22.2. The van der Waals surface area contributed by atoms with E-state index in [0.29, 0.717) is 23.7 Å². The van der Waals surface area contributed by atoms with Crippen molar-refractivity contribution in [2.75, 3.05) is 23.7 Å². The van der Waals surface area contributed by atoms with Gasteiger partial charge in [0, 0.05) is 12.1 Å². The van der Waals surface area contributed by atoms with Gasteiger partial charge in [0.25, 0.3) is 0 Å². The van der Waals surface area contributed by atoms with Crippen LogP contribution in [0.4, 0.5) is 5.69 Å². The predicted octanol–water partition coefficient (Wildman–Crippen LogP) is 2.99. The van der Waals surface area contributed by atoms with Gasteiger partial charge in [-0.2, -0.15) is 0 Å². The van der Waals surface area contributed by atoms with E-state index < -0.39 is 10.0 Å². The summed E-state index contributed by atoms with van der Waals surface area (Å²) in [6.07, 6.45) is 5.29. The van der Waals surface area contributed by atoms with Gasteiger partial charge in [-0.05, 0) is 31.4 Å². The number of rotatable bonds is 11. The number of hydrogen-bond acceptors (Lipinski definition) is 4. The Morgan fingerprint density at radius 3 is 2.46 bits per heavy atom. The molecule has 0 fully saturated rings. The molecule has 0 unspecified atom stereocenters. The molecule has 1 aromatic rings. The van der Waals surface area contributed by atoms with Crippen LogP contribution in [0, 0.1) is 5.92 Å². The molecule has 1 rings (SSSR count). The van der Waals surface area contributed by atoms with Gasteiger partial charge in [0.05, 0.1) is 11.9 Å². The fourth-order valence-electron chi connectivity index (χ4n) is 2.67. The van der Waals surface area contributed by atoms with Crippen LogP contribution < -0.4 is 9.62 Å². The predicted molar refractivity (Wildman–Crippen MR) is 105 cm³/mol. The van der Waals surface area contributed by atoms with Crippen LogP contribution in [-0.4, -0.2) is 39.5 Å². The first-order valence-electron chi connectivity index (χ1n) is 9.04. The molecule has 0 aliphatic carbocycles. The highest BCUT2D eigenvalue weighted by Gasteiger charge is 2.21. The average Bonchev–Trinajstić information content (AvgIpc) is 2.59. The lowest BCUT2D eigenvalue weighted by atomic mass is 9.99. The highest BCUT2D eigenvalue weighted by atomic mass is 32.2. The molecule has 1 atom stereocenters. The van der Waals surface area contributed by atoms with Crippen LogP contribution in [0.5, 0.6) is 0 Å². The molecule has 1 amide bonds. The summed E-state index contributed by atoms with van der Waals surface area (Å²) >= 11 is 0. The number of hydrogen-bond donors (Lipinski definition) is 1. The molecule has 0 aliphatic rings. The number of ketones is 1. The van der Waals surface area contributed by atoms with Crippen molar-refractivity contribution >= 4 is 27.4 Å². The number of carbonyl (C=O) groups is 2. The second-order valence-corrected chi connectivity index (χ2v) is 8.50. The largest absolute Gasteiger partial charge is 0.354 e. The average molecular weight is 383 g/mol. The molecule has 7 heteroatoms. The summed E-state index contributed by atoms with van der Waals surface area (Å²) in [5.41, 5.74) is 0.718. The number of amides is 1. The molecule has 0 bridgehead atoms. The zero-order valence-corrected chi connectivity index (χ0v) is 16.9. The summed E-state index contributed by atoms with van der Waals surface area (Å²) in [4.78, 5) is 23.8. The molecular weight excluding hydrogens is 352 g/mol. The van der Waals surface area contributed by atoms with Crippen LogP contribution in [0.3, 0.4) is 0 Å². The van der Waals surface area contributed by atoms with Gasteiger partial charge in [0.2, 0.25) is 15.9 Å². The second-order valence-electron chi connectivity index (χ2n) is 6.60. The van der Waals surface area contributed by atoms with E-state index in [9.17, 15) is 18.0 Å². The zero-order valence-electron chi connectivity index (χ0n) is 16.1. The van der Waals surface area contributed by atoms with Crippen molar-refractivity contribution in [3.8, 4) is 0 Å². The van der Waals surface area contributed by atoms with Gasteiger partial charge in [-0.25, -0.2) is 8.42 Å². The van der Waals surface area contributed by atoms with Gasteiger partial charge in [-0.1, -0.05) is 45.2 Å². The number of carbonyl (C=O) groups excluding carboxylic acids is 2. The summed E-state index contributed by atoms with van der Waals surface area (Å²) < 4.78 is 25.3. The molecule has 1 aromatic carbocycles. The van der Waals surface area contributed by atoms with Crippen molar-refractivity contribution in [3.05, 3.63) is 29.8 Å². The molecule has 6 nitrogen and oxygen atoms in total. The Kier molecular flexibility index (Phi) is 8.78. The number of benzene rings is 1. The van der Waals surface area contributed by atoms with E-state index >= 15 is 0 Å². The monoisotopic (exact) mass is 382 g/mol.